The van der Waals surface area contributed by atoms with Crippen LogP contribution in [-0.4, -0.2) is 105 Å². The molecule has 2 fully saturated rings. The highest BCUT2D eigenvalue weighted by atomic mass is 127. The lowest BCUT2D eigenvalue weighted by molar-refractivity contribution is 0.0229. The highest BCUT2D eigenvalue weighted by Crippen LogP contribution is 2.37. The fourth-order valence-electron chi connectivity index (χ4n) is 6.20. The summed E-state index contributed by atoms with van der Waals surface area (Å²) in [5.41, 5.74) is 3.24. The van der Waals surface area contributed by atoms with Crippen LogP contribution in [0.4, 0.5) is 21.5 Å². The maximum atomic E-state index is 12.3. The molecule has 4 heterocycles. The van der Waals surface area contributed by atoms with Gasteiger partial charge in [0.15, 0.2) is 0 Å². The summed E-state index contributed by atoms with van der Waals surface area (Å²) in [7, 11) is 0. The van der Waals surface area contributed by atoms with Crippen molar-refractivity contribution in [1.29, 1.82) is 0 Å². The van der Waals surface area contributed by atoms with Crippen LogP contribution < -0.4 is 9.80 Å². The first-order valence-electron chi connectivity index (χ1n) is 17.7. The molecule has 0 bridgehead atoms. The minimum absolute atomic E-state index is 0.242. The standard InChI is InChI=1S/C18H23Br2IN4O2.C18H24Br2N4O2/c1-5-25-12-10-11(19)13(20)14(21)15(12)22-16(25)23-6-8-24(9-7-23)17(26)27-18(2,3)4;1-5-24-15-11-13(20)12(19)10-14(15)21-16(24)22-6-8-23(9-7-22)17(25)26-18(2,3)4/h10H,5-9H2,1-4H3;10-11H,5-9H2,1-4H3. The Balaban J connectivity index is 0.000000204. The predicted molar refractivity (Wildman–Crippen MR) is 234 cm³/mol. The van der Waals surface area contributed by atoms with E-state index in [1.807, 2.05) is 47.6 Å². The van der Waals surface area contributed by atoms with Crippen LogP contribution in [0.5, 0.6) is 0 Å². The molecule has 12 nitrogen and oxygen atoms in total. The van der Waals surface area contributed by atoms with Gasteiger partial charge in [-0.2, -0.15) is 0 Å². The van der Waals surface area contributed by atoms with Gasteiger partial charge in [-0.05, 0) is 160 Å². The van der Waals surface area contributed by atoms with Gasteiger partial charge < -0.3 is 38.2 Å². The molecule has 2 saturated heterocycles. The predicted octanol–water partition coefficient (Wildman–Crippen LogP) is 9.88. The summed E-state index contributed by atoms with van der Waals surface area (Å²) in [5, 5.41) is 0. The molecule has 6 rings (SSSR count). The van der Waals surface area contributed by atoms with Crippen molar-refractivity contribution < 1.29 is 19.1 Å². The first kappa shape index (κ1) is 42.3. The number of benzene rings is 2. The molecule has 0 saturated carbocycles. The first-order chi connectivity index (χ1) is 24.8. The van der Waals surface area contributed by atoms with Gasteiger partial charge in [-0.25, -0.2) is 19.6 Å². The number of anilines is 2. The van der Waals surface area contributed by atoms with E-state index in [-0.39, 0.29) is 12.2 Å². The van der Waals surface area contributed by atoms with Gasteiger partial charge in [-0.15, -0.1) is 0 Å². The zero-order valence-electron chi connectivity index (χ0n) is 31.4. The van der Waals surface area contributed by atoms with Gasteiger partial charge >= 0.3 is 12.2 Å². The van der Waals surface area contributed by atoms with Crippen LogP contribution in [0.15, 0.2) is 36.1 Å². The Labute approximate surface area is 358 Å². The third kappa shape index (κ3) is 9.95. The Kier molecular flexibility index (Phi) is 13.7. The highest BCUT2D eigenvalue weighted by Gasteiger charge is 2.30. The van der Waals surface area contributed by atoms with E-state index in [1.165, 1.54) is 0 Å². The molecular weight excluding hydrogens is 1050 g/mol. The molecule has 53 heavy (non-hydrogen) atoms. The molecule has 0 atom stereocenters. The number of halogens is 5. The third-order valence-corrected chi connectivity index (χ3v) is 14.3. The van der Waals surface area contributed by atoms with E-state index in [1.54, 1.807) is 9.80 Å². The number of nitrogens with zero attached hydrogens (tertiary/aromatic N) is 8. The van der Waals surface area contributed by atoms with Gasteiger partial charge in [-0.3, -0.25) is 0 Å². The van der Waals surface area contributed by atoms with Crippen LogP contribution in [-0.2, 0) is 22.6 Å². The number of aromatic nitrogens is 4. The first-order valence-corrected chi connectivity index (χ1v) is 21.9. The molecule has 2 aliphatic rings. The number of aryl methyl sites for hydroxylation is 2. The Hall–Kier alpha value is -1.83. The van der Waals surface area contributed by atoms with E-state index in [9.17, 15) is 9.59 Å². The van der Waals surface area contributed by atoms with Gasteiger partial charge in [0.25, 0.3) is 0 Å². The summed E-state index contributed by atoms with van der Waals surface area (Å²) < 4.78 is 20.6. The third-order valence-electron chi connectivity index (χ3n) is 8.69. The average molecular weight is 1100 g/mol. The fourth-order valence-corrected chi connectivity index (χ4v) is 8.64. The number of rotatable bonds is 4. The number of fused-ring (bicyclic) bond motifs is 2. The van der Waals surface area contributed by atoms with E-state index in [0.29, 0.717) is 26.2 Å². The molecule has 2 amide bonds. The molecule has 2 aromatic carbocycles. The summed E-state index contributed by atoms with van der Waals surface area (Å²) >= 11 is 16.7. The SMILES string of the molecule is CCn1c(N2CCN(C(=O)OC(C)(C)C)CC2)nc2c(I)c(Br)c(Br)cc21.CCn1c(N2CCN(C(=O)OC(C)(C)C)CC2)nc2cc(Br)c(Br)cc21. The summed E-state index contributed by atoms with van der Waals surface area (Å²) in [6.07, 6.45) is -0.484. The summed E-state index contributed by atoms with van der Waals surface area (Å²) in [5.74, 6) is 1.91. The number of ether oxygens (including phenoxy) is 2. The zero-order chi connectivity index (χ0) is 39.0. The van der Waals surface area contributed by atoms with Crippen molar-refractivity contribution in [2.45, 2.75) is 79.7 Å². The molecule has 0 unspecified atom stereocenters. The molecule has 17 heteroatoms. The molecule has 0 radical (unpaired) electrons. The topological polar surface area (TPSA) is 101 Å². The van der Waals surface area contributed by atoms with Gasteiger partial charge in [0.1, 0.15) is 16.7 Å². The van der Waals surface area contributed by atoms with Crippen molar-refractivity contribution in [3.63, 3.8) is 0 Å². The molecule has 0 N–H and O–H groups in total. The quantitative estimate of drug-likeness (QED) is 0.147. The largest absolute Gasteiger partial charge is 0.444 e. The highest BCUT2D eigenvalue weighted by molar-refractivity contribution is 14.1. The van der Waals surface area contributed by atoms with Crippen LogP contribution in [0.2, 0.25) is 0 Å². The minimum atomic E-state index is -0.470. The van der Waals surface area contributed by atoms with E-state index >= 15 is 0 Å². The maximum absolute atomic E-state index is 12.3. The van der Waals surface area contributed by atoms with Crippen molar-refractivity contribution in [2.75, 3.05) is 62.2 Å². The lowest BCUT2D eigenvalue weighted by Gasteiger charge is -2.36. The van der Waals surface area contributed by atoms with Crippen LogP contribution >= 0.6 is 86.3 Å². The molecule has 2 aromatic heterocycles. The number of amides is 2. The van der Waals surface area contributed by atoms with Crippen LogP contribution in [0, 0.1) is 3.57 Å². The second-order valence-corrected chi connectivity index (χ2v) is 19.3. The monoisotopic (exact) mass is 1100 g/mol. The van der Waals surface area contributed by atoms with Crippen molar-refractivity contribution in [2.24, 2.45) is 0 Å². The average Bonchev–Trinajstić information content (AvgIpc) is 3.64. The van der Waals surface area contributed by atoms with Crippen LogP contribution in [0.1, 0.15) is 55.4 Å². The van der Waals surface area contributed by atoms with E-state index in [0.717, 1.165) is 94.7 Å². The summed E-state index contributed by atoms with van der Waals surface area (Å²) in [6, 6.07) is 6.24. The molecular formula is C36H47Br4IN8O4. The Morgan fingerprint density at radius 3 is 1.53 bits per heavy atom. The summed E-state index contributed by atoms with van der Waals surface area (Å²) in [6.45, 7) is 22.8. The molecule has 0 spiro atoms. The summed E-state index contributed by atoms with van der Waals surface area (Å²) in [4.78, 5) is 42.4. The smallest absolute Gasteiger partial charge is 0.410 e. The number of hydrogen-bond donors (Lipinski definition) is 0. The molecule has 4 aromatic rings. The Bertz CT molecular complexity index is 1970. The second-order valence-electron chi connectivity index (χ2n) is 14.8. The molecule has 2 aliphatic heterocycles. The fraction of sp³-hybridized carbons (Fsp3) is 0.556. The van der Waals surface area contributed by atoms with E-state index < -0.39 is 11.2 Å². The second kappa shape index (κ2) is 17.1. The number of piperazine rings is 2. The van der Waals surface area contributed by atoms with Crippen LogP contribution in [0.3, 0.4) is 0 Å². The number of imidazole rings is 2. The van der Waals surface area contributed by atoms with Crippen molar-refractivity contribution in [3.8, 4) is 0 Å². The normalized spacial score (nSPS) is 15.6. The number of carbonyl (C=O) groups excluding carboxylic acids is 2. The zero-order valence-corrected chi connectivity index (χ0v) is 39.9. The minimum Gasteiger partial charge on any atom is -0.444 e. The maximum Gasteiger partial charge on any atom is 0.410 e. The van der Waals surface area contributed by atoms with E-state index in [2.05, 4.69) is 131 Å². The van der Waals surface area contributed by atoms with Crippen LogP contribution in [0.25, 0.3) is 22.1 Å². The van der Waals surface area contributed by atoms with Crippen molar-refractivity contribution >= 4 is 132 Å². The lowest BCUT2D eigenvalue weighted by Crippen LogP contribution is -2.50. The van der Waals surface area contributed by atoms with Crippen molar-refractivity contribution in [1.82, 2.24) is 28.9 Å². The molecule has 0 aliphatic carbocycles. The van der Waals surface area contributed by atoms with Crippen molar-refractivity contribution in [3.05, 3.63) is 39.7 Å². The van der Waals surface area contributed by atoms with Gasteiger partial charge in [-0.1, -0.05) is 0 Å². The van der Waals surface area contributed by atoms with Gasteiger partial charge in [0.05, 0.1) is 20.1 Å². The Morgan fingerprint density at radius 2 is 1.08 bits per heavy atom. The van der Waals surface area contributed by atoms with Gasteiger partial charge in [0.2, 0.25) is 11.9 Å². The molecule has 290 valence electrons. The van der Waals surface area contributed by atoms with E-state index in [4.69, 9.17) is 19.4 Å². The number of hydrogen-bond acceptors (Lipinski definition) is 8. The lowest BCUT2D eigenvalue weighted by atomic mass is 10.2. The van der Waals surface area contributed by atoms with Gasteiger partial charge in [0, 0.05) is 83.3 Å². The number of carbonyl (C=O) groups is 2. The Morgan fingerprint density at radius 1 is 0.660 bits per heavy atom.